The number of amides is 1. The average molecular weight is 230 g/mol. The van der Waals surface area contributed by atoms with Crippen molar-refractivity contribution in [3.05, 3.63) is 0 Å². The molecule has 1 unspecified atom stereocenters. The Kier molecular flexibility index (Phi) is 4.56. The molecule has 1 fully saturated rings. The van der Waals surface area contributed by atoms with Gasteiger partial charge >= 0.3 is 6.09 Å². The number of hydrogen-bond donors (Lipinski definition) is 1. The van der Waals surface area contributed by atoms with Crippen molar-refractivity contribution >= 4 is 6.09 Å². The van der Waals surface area contributed by atoms with Crippen LogP contribution in [0.1, 0.15) is 27.2 Å². The second kappa shape index (κ2) is 5.50. The van der Waals surface area contributed by atoms with E-state index in [1.807, 2.05) is 20.8 Å². The monoisotopic (exact) mass is 230 g/mol. The first-order valence-electron chi connectivity index (χ1n) is 5.62. The molecule has 5 heteroatoms. The number of nitrogens with zero attached hydrogens (tertiary/aromatic N) is 1. The van der Waals surface area contributed by atoms with Crippen molar-refractivity contribution in [2.24, 2.45) is 0 Å². The van der Waals surface area contributed by atoms with Crippen LogP contribution in [0.4, 0.5) is 4.79 Å². The Bertz CT molecular complexity index is 238. The summed E-state index contributed by atoms with van der Waals surface area (Å²) in [5, 5.41) is 3.21. The van der Waals surface area contributed by atoms with Crippen molar-refractivity contribution in [3.63, 3.8) is 0 Å². The van der Waals surface area contributed by atoms with Gasteiger partial charge in [0.05, 0.1) is 6.73 Å². The maximum absolute atomic E-state index is 11.7. The maximum Gasteiger partial charge on any atom is 0.410 e. The van der Waals surface area contributed by atoms with Gasteiger partial charge in [-0.3, -0.25) is 5.32 Å². The molecule has 0 aliphatic carbocycles. The summed E-state index contributed by atoms with van der Waals surface area (Å²) in [4.78, 5) is 13.5. The number of hydrogen-bond acceptors (Lipinski definition) is 4. The molecule has 1 rings (SSSR count). The minimum absolute atomic E-state index is 0.228. The Morgan fingerprint density at radius 2 is 2.19 bits per heavy atom. The fourth-order valence-corrected chi connectivity index (χ4v) is 1.62. The first kappa shape index (κ1) is 13.3. The highest BCUT2D eigenvalue weighted by Crippen LogP contribution is 2.15. The average Bonchev–Trinajstić information content (AvgIpc) is 2.60. The first-order valence-corrected chi connectivity index (χ1v) is 5.62. The van der Waals surface area contributed by atoms with Crippen LogP contribution in [-0.4, -0.2) is 49.6 Å². The molecule has 1 heterocycles. The lowest BCUT2D eigenvalue weighted by Gasteiger charge is -2.24. The summed E-state index contributed by atoms with van der Waals surface area (Å²) in [6, 6.07) is 0.312. The third-order valence-electron chi connectivity index (χ3n) is 2.36. The molecule has 94 valence electrons. The molecule has 0 spiro atoms. The maximum atomic E-state index is 11.7. The van der Waals surface area contributed by atoms with Gasteiger partial charge in [-0.2, -0.15) is 0 Å². The Labute approximate surface area is 97.1 Å². The molecule has 0 saturated carbocycles. The molecule has 0 aromatic heterocycles. The lowest BCUT2D eigenvalue weighted by molar-refractivity contribution is 0.0288. The molecule has 1 N–H and O–H groups in total. The van der Waals surface area contributed by atoms with E-state index in [0.717, 1.165) is 13.0 Å². The molecule has 5 nitrogen and oxygen atoms in total. The normalized spacial score (nSPS) is 21.2. The highest BCUT2D eigenvalue weighted by atomic mass is 16.6. The topological polar surface area (TPSA) is 50.8 Å². The summed E-state index contributed by atoms with van der Waals surface area (Å²) in [5.74, 6) is 0. The minimum atomic E-state index is -0.421. The Morgan fingerprint density at radius 3 is 2.75 bits per heavy atom. The molecule has 1 saturated heterocycles. The van der Waals surface area contributed by atoms with Crippen molar-refractivity contribution in [1.29, 1.82) is 0 Å². The van der Waals surface area contributed by atoms with E-state index in [0.29, 0.717) is 19.3 Å². The van der Waals surface area contributed by atoms with E-state index in [1.54, 1.807) is 12.0 Å². The van der Waals surface area contributed by atoms with E-state index < -0.39 is 5.60 Å². The van der Waals surface area contributed by atoms with Crippen molar-refractivity contribution in [3.8, 4) is 0 Å². The minimum Gasteiger partial charge on any atom is -0.444 e. The second-order valence-corrected chi connectivity index (χ2v) is 5.05. The zero-order chi connectivity index (χ0) is 12.2. The zero-order valence-electron chi connectivity index (χ0n) is 10.6. The molecule has 16 heavy (non-hydrogen) atoms. The Balaban J connectivity index is 2.32. The van der Waals surface area contributed by atoms with Gasteiger partial charge in [-0.15, -0.1) is 0 Å². The summed E-state index contributed by atoms with van der Waals surface area (Å²) in [5.41, 5.74) is -0.421. The quantitative estimate of drug-likeness (QED) is 0.740. The number of nitrogens with one attached hydrogen (secondary N) is 1. The van der Waals surface area contributed by atoms with E-state index in [4.69, 9.17) is 9.47 Å². The summed E-state index contributed by atoms with van der Waals surface area (Å²) in [6.45, 7) is 7.59. The van der Waals surface area contributed by atoms with E-state index in [1.165, 1.54) is 0 Å². The predicted molar refractivity (Wildman–Crippen MR) is 61.2 cm³/mol. The van der Waals surface area contributed by atoms with E-state index in [2.05, 4.69) is 5.32 Å². The third kappa shape index (κ3) is 4.37. The number of carbonyl (C=O) groups is 1. The van der Waals surface area contributed by atoms with E-state index in [-0.39, 0.29) is 6.09 Å². The van der Waals surface area contributed by atoms with Crippen LogP contribution in [0.2, 0.25) is 0 Å². The summed E-state index contributed by atoms with van der Waals surface area (Å²) in [6.07, 6.45) is 0.719. The van der Waals surface area contributed by atoms with Crippen molar-refractivity contribution in [1.82, 2.24) is 10.2 Å². The second-order valence-electron chi connectivity index (χ2n) is 5.05. The van der Waals surface area contributed by atoms with Crippen LogP contribution in [0.3, 0.4) is 0 Å². The van der Waals surface area contributed by atoms with Crippen LogP contribution >= 0.6 is 0 Å². The highest BCUT2D eigenvalue weighted by molar-refractivity contribution is 5.68. The van der Waals surface area contributed by atoms with Gasteiger partial charge in [-0.25, -0.2) is 4.79 Å². The van der Waals surface area contributed by atoms with Crippen LogP contribution in [-0.2, 0) is 9.47 Å². The number of carbonyl (C=O) groups excluding carboxylic acids is 1. The summed E-state index contributed by atoms with van der Waals surface area (Å²) >= 11 is 0. The van der Waals surface area contributed by atoms with Gasteiger partial charge in [0.1, 0.15) is 5.60 Å². The number of methoxy groups -OCH3 is 1. The highest BCUT2D eigenvalue weighted by Gasteiger charge is 2.29. The number of ether oxygens (including phenoxy) is 2. The van der Waals surface area contributed by atoms with E-state index >= 15 is 0 Å². The number of rotatable bonds is 3. The van der Waals surface area contributed by atoms with Gasteiger partial charge in [0.15, 0.2) is 0 Å². The summed E-state index contributed by atoms with van der Waals surface area (Å²) < 4.78 is 10.2. The Morgan fingerprint density at radius 1 is 1.50 bits per heavy atom. The van der Waals surface area contributed by atoms with Gasteiger partial charge in [0.25, 0.3) is 0 Å². The lowest BCUT2D eigenvalue weighted by Crippen LogP contribution is -2.38. The molecule has 1 aliphatic heterocycles. The van der Waals surface area contributed by atoms with E-state index in [9.17, 15) is 4.79 Å². The van der Waals surface area contributed by atoms with Crippen LogP contribution in [0.25, 0.3) is 0 Å². The molecule has 1 amide bonds. The van der Waals surface area contributed by atoms with Crippen molar-refractivity contribution in [2.45, 2.75) is 38.8 Å². The molecule has 1 atom stereocenters. The first-order chi connectivity index (χ1) is 7.42. The SMILES string of the molecule is COCNC1CCN(C(=O)OC(C)(C)C)C1. The zero-order valence-corrected chi connectivity index (χ0v) is 10.6. The molecular formula is C11H22N2O3. The molecular weight excluding hydrogens is 208 g/mol. The molecule has 0 radical (unpaired) electrons. The van der Waals surface area contributed by atoms with Gasteiger partial charge in [0.2, 0.25) is 0 Å². The molecule has 1 aliphatic rings. The van der Waals surface area contributed by atoms with Crippen molar-refractivity contribution in [2.75, 3.05) is 26.9 Å². The van der Waals surface area contributed by atoms with Crippen LogP contribution in [0, 0.1) is 0 Å². The molecule has 0 aromatic carbocycles. The van der Waals surface area contributed by atoms with Gasteiger partial charge in [-0.05, 0) is 27.2 Å². The lowest BCUT2D eigenvalue weighted by atomic mass is 10.2. The fourth-order valence-electron chi connectivity index (χ4n) is 1.62. The molecule has 0 bridgehead atoms. The largest absolute Gasteiger partial charge is 0.444 e. The molecule has 0 aromatic rings. The predicted octanol–water partition coefficient (Wildman–Crippen LogP) is 1.19. The standard InChI is InChI=1S/C11H22N2O3/c1-11(2,3)16-10(14)13-6-5-9(7-13)12-8-15-4/h9,12H,5-8H2,1-4H3. The van der Waals surface area contributed by atoms with Crippen LogP contribution < -0.4 is 5.32 Å². The van der Waals surface area contributed by atoms with Crippen molar-refractivity contribution < 1.29 is 14.3 Å². The van der Waals surface area contributed by atoms with Crippen LogP contribution in [0.15, 0.2) is 0 Å². The fraction of sp³-hybridized carbons (Fsp3) is 0.909. The Hall–Kier alpha value is -0.810. The number of likely N-dealkylation sites (tertiary alicyclic amines) is 1. The van der Waals surface area contributed by atoms with Crippen LogP contribution in [0.5, 0.6) is 0 Å². The van der Waals surface area contributed by atoms with Gasteiger partial charge in [0, 0.05) is 26.2 Å². The third-order valence-corrected chi connectivity index (χ3v) is 2.36. The smallest absolute Gasteiger partial charge is 0.410 e. The summed E-state index contributed by atoms with van der Waals surface area (Å²) in [7, 11) is 1.65. The van der Waals surface area contributed by atoms with Gasteiger partial charge in [-0.1, -0.05) is 0 Å². The van der Waals surface area contributed by atoms with Gasteiger partial charge < -0.3 is 14.4 Å².